The quantitative estimate of drug-likeness (QED) is 0.436. The van der Waals surface area contributed by atoms with Crippen molar-refractivity contribution in [2.24, 2.45) is 0 Å². The highest BCUT2D eigenvalue weighted by Gasteiger charge is 2.45. The van der Waals surface area contributed by atoms with Crippen LogP contribution in [0.2, 0.25) is 0 Å². The topological polar surface area (TPSA) is 0 Å². The molecular weight excluding hydrogens is 300 g/mol. The van der Waals surface area contributed by atoms with E-state index in [4.69, 9.17) is 0 Å². The van der Waals surface area contributed by atoms with Crippen LogP contribution in [0.25, 0.3) is 22.3 Å². The van der Waals surface area contributed by atoms with Crippen LogP contribution in [0.4, 0.5) is 0 Å². The molecule has 0 saturated heterocycles. The number of rotatable bonds is 0. The van der Waals surface area contributed by atoms with Crippen LogP contribution in [0.1, 0.15) is 55.5 Å². The molecule has 0 spiro atoms. The summed E-state index contributed by atoms with van der Waals surface area (Å²) in [5.74, 6) is 0. The second-order valence-electron chi connectivity index (χ2n) is 8.76. The first-order chi connectivity index (χ1) is 11.8. The van der Waals surface area contributed by atoms with E-state index in [0.717, 1.165) is 0 Å². The van der Waals surface area contributed by atoms with Crippen LogP contribution in [-0.4, -0.2) is 0 Å². The first-order valence-electron chi connectivity index (χ1n) is 9.23. The third-order valence-corrected chi connectivity index (χ3v) is 6.48. The van der Waals surface area contributed by atoms with E-state index in [9.17, 15) is 0 Å². The van der Waals surface area contributed by atoms with E-state index in [0.29, 0.717) is 0 Å². The van der Waals surface area contributed by atoms with Crippen LogP contribution < -0.4 is 0 Å². The molecule has 3 aromatic rings. The van der Waals surface area contributed by atoms with Gasteiger partial charge in [-0.3, -0.25) is 0 Å². The fourth-order valence-electron chi connectivity index (χ4n) is 5.31. The molecule has 0 N–H and O–H groups in total. The van der Waals surface area contributed by atoms with Gasteiger partial charge in [0, 0.05) is 10.8 Å². The van der Waals surface area contributed by atoms with Gasteiger partial charge in [-0.15, -0.1) is 0 Å². The minimum Gasteiger partial charge on any atom is -0.0619 e. The maximum atomic E-state index is 2.40. The van der Waals surface area contributed by atoms with Gasteiger partial charge < -0.3 is 0 Å². The predicted molar refractivity (Wildman–Crippen MR) is 106 cm³/mol. The number of hydrogen-bond donors (Lipinski definition) is 0. The molecular formula is C25H24. The lowest BCUT2D eigenvalue weighted by atomic mass is 9.72. The number of aryl methyl sites for hydroxylation is 1. The summed E-state index contributed by atoms with van der Waals surface area (Å²) in [6.07, 6.45) is 0. The fourth-order valence-corrected chi connectivity index (χ4v) is 5.31. The summed E-state index contributed by atoms with van der Waals surface area (Å²) in [6.45, 7) is 11.8. The van der Waals surface area contributed by atoms with Crippen LogP contribution >= 0.6 is 0 Å². The lowest BCUT2D eigenvalue weighted by molar-refractivity contribution is 0.601. The molecule has 0 nitrogen and oxygen atoms in total. The van der Waals surface area contributed by atoms with Crippen molar-refractivity contribution in [3.05, 3.63) is 82.4 Å². The molecule has 0 atom stereocenters. The third-order valence-electron chi connectivity index (χ3n) is 6.48. The highest BCUT2D eigenvalue weighted by atomic mass is 14.5. The van der Waals surface area contributed by atoms with Crippen molar-refractivity contribution in [3.63, 3.8) is 0 Å². The highest BCUT2D eigenvalue weighted by molar-refractivity contribution is 5.91. The summed E-state index contributed by atoms with van der Waals surface area (Å²) in [7, 11) is 0. The zero-order valence-electron chi connectivity index (χ0n) is 15.7. The van der Waals surface area contributed by atoms with Gasteiger partial charge in [-0.2, -0.15) is 0 Å². The fraction of sp³-hybridized carbons (Fsp3) is 0.280. The molecule has 3 aromatic carbocycles. The van der Waals surface area contributed by atoms with E-state index in [-0.39, 0.29) is 10.8 Å². The lowest BCUT2D eigenvalue weighted by Crippen LogP contribution is -2.24. The van der Waals surface area contributed by atoms with Gasteiger partial charge in [0.2, 0.25) is 0 Å². The third kappa shape index (κ3) is 1.68. The molecule has 0 aromatic heterocycles. The van der Waals surface area contributed by atoms with Crippen LogP contribution in [0.15, 0.2) is 54.6 Å². The van der Waals surface area contributed by atoms with E-state index in [2.05, 4.69) is 89.2 Å². The van der Waals surface area contributed by atoms with E-state index in [1.165, 1.54) is 50.1 Å². The molecule has 0 radical (unpaired) electrons. The Balaban J connectivity index is 1.91. The van der Waals surface area contributed by atoms with Crippen molar-refractivity contribution < 1.29 is 0 Å². The normalized spacial score (nSPS) is 17.6. The smallest absolute Gasteiger partial charge is 0.0162 e. The predicted octanol–water partition coefficient (Wildman–Crippen LogP) is 6.61. The highest BCUT2D eigenvalue weighted by Crippen LogP contribution is 2.58. The largest absolute Gasteiger partial charge is 0.0619 e. The van der Waals surface area contributed by atoms with E-state index in [1.807, 2.05) is 0 Å². The molecule has 124 valence electrons. The summed E-state index contributed by atoms with van der Waals surface area (Å²) in [6, 6.07) is 20.6. The van der Waals surface area contributed by atoms with Gasteiger partial charge in [0.15, 0.2) is 0 Å². The Morgan fingerprint density at radius 1 is 0.560 bits per heavy atom. The Morgan fingerprint density at radius 3 is 1.80 bits per heavy atom. The van der Waals surface area contributed by atoms with E-state index < -0.39 is 0 Å². The van der Waals surface area contributed by atoms with Gasteiger partial charge >= 0.3 is 0 Å². The van der Waals surface area contributed by atoms with Crippen molar-refractivity contribution in [1.82, 2.24) is 0 Å². The van der Waals surface area contributed by atoms with Gasteiger partial charge in [0.1, 0.15) is 0 Å². The number of fused-ring (bicyclic) bond motifs is 7. The average Bonchev–Trinajstić information content (AvgIpc) is 2.95. The van der Waals surface area contributed by atoms with Crippen molar-refractivity contribution >= 4 is 0 Å². The second-order valence-corrected chi connectivity index (χ2v) is 8.76. The van der Waals surface area contributed by atoms with Crippen LogP contribution in [0.3, 0.4) is 0 Å². The Kier molecular flexibility index (Phi) is 2.65. The van der Waals surface area contributed by atoms with Crippen LogP contribution in [-0.2, 0) is 10.8 Å². The van der Waals surface area contributed by atoms with Crippen molar-refractivity contribution in [1.29, 1.82) is 0 Å². The Morgan fingerprint density at radius 2 is 1.12 bits per heavy atom. The van der Waals surface area contributed by atoms with Gasteiger partial charge in [-0.25, -0.2) is 0 Å². The zero-order valence-corrected chi connectivity index (χ0v) is 15.7. The SMILES string of the molecule is Cc1ccc2c(c1)-c1ccc3c(c1C2(C)C)C(C)(C)c1ccccc1-3. The molecule has 0 aliphatic heterocycles. The van der Waals surface area contributed by atoms with Crippen molar-refractivity contribution in [3.8, 4) is 22.3 Å². The summed E-state index contributed by atoms with van der Waals surface area (Å²) < 4.78 is 0. The molecule has 0 unspecified atom stereocenters. The second kappa shape index (κ2) is 4.43. The molecule has 0 heteroatoms. The van der Waals surface area contributed by atoms with Gasteiger partial charge in [-0.1, -0.05) is 87.9 Å². The van der Waals surface area contributed by atoms with Gasteiger partial charge in [0.25, 0.3) is 0 Å². The van der Waals surface area contributed by atoms with Crippen molar-refractivity contribution in [2.45, 2.75) is 45.4 Å². The Hall–Kier alpha value is -2.34. The average molecular weight is 324 g/mol. The molecule has 25 heavy (non-hydrogen) atoms. The molecule has 5 rings (SSSR count). The summed E-state index contributed by atoms with van der Waals surface area (Å²) in [4.78, 5) is 0. The zero-order chi connectivity index (χ0) is 17.6. The lowest BCUT2D eigenvalue weighted by Gasteiger charge is -2.30. The Bertz CT molecular complexity index is 1050. The van der Waals surface area contributed by atoms with Crippen molar-refractivity contribution in [2.75, 3.05) is 0 Å². The first kappa shape index (κ1) is 15.0. The molecule has 0 amide bonds. The number of benzene rings is 3. The summed E-state index contributed by atoms with van der Waals surface area (Å²) in [5, 5.41) is 0. The van der Waals surface area contributed by atoms with Gasteiger partial charge in [0.05, 0.1) is 0 Å². The van der Waals surface area contributed by atoms with E-state index >= 15 is 0 Å². The summed E-state index contributed by atoms with van der Waals surface area (Å²) in [5.41, 5.74) is 13.1. The van der Waals surface area contributed by atoms with Gasteiger partial charge in [-0.05, 0) is 51.4 Å². The summed E-state index contributed by atoms with van der Waals surface area (Å²) >= 11 is 0. The monoisotopic (exact) mass is 324 g/mol. The van der Waals surface area contributed by atoms with Crippen LogP contribution in [0, 0.1) is 6.92 Å². The maximum Gasteiger partial charge on any atom is 0.0162 e. The maximum absolute atomic E-state index is 2.40. The number of hydrogen-bond acceptors (Lipinski definition) is 0. The Labute approximate surface area is 150 Å². The molecule has 2 aliphatic rings. The van der Waals surface area contributed by atoms with Crippen LogP contribution in [0.5, 0.6) is 0 Å². The molecule has 0 heterocycles. The molecule has 0 saturated carbocycles. The molecule has 0 fully saturated rings. The molecule has 0 bridgehead atoms. The van der Waals surface area contributed by atoms with E-state index in [1.54, 1.807) is 0 Å². The first-order valence-corrected chi connectivity index (χ1v) is 9.23. The minimum absolute atomic E-state index is 0.0447. The molecule has 2 aliphatic carbocycles. The standard InChI is InChI=1S/C25H24/c1-15-10-13-21-19(14-15)18-12-11-17-16-8-6-7-9-20(16)24(2,3)22(17)23(18)25(21,4)5/h6-14H,1-5H3. The minimum atomic E-state index is 0.0447.